The first-order valence-corrected chi connectivity index (χ1v) is 15.1. The fourth-order valence-corrected chi connectivity index (χ4v) is 5.15. The number of alkyl carbamates (subject to hydrolysis) is 1. The van der Waals surface area contributed by atoms with Crippen LogP contribution in [0.25, 0.3) is 11.1 Å². The molecule has 1 aliphatic rings. The molecule has 0 fully saturated rings. The molecule has 4 N–H and O–H groups in total. The maximum Gasteiger partial charge on any atom is 0.407 e. The minimum atomic E-state index is -1.10. The number of ether oxygens (including phenoxy) is 4. The Morgan fingerprint density at radius 2 is 1.46 bits per heavy atom. The molecule has 0 aromatic heterocycles. The summed E-state index contributed by atoms with van der Waals surface area (Å²) in [6.45, 7) is 4.74. The molecular weight excluding hydrogens is 592 g/mol. The molecule has 1 unspecified atom stereocenters. The normalized spacial score (nSPS) is 13.5. The van der Waals surface area contributed by atoms with Crippen molar-refractivity contribution in [2.24, 2.45) is 5.73 Å². The second-order valence-electron chi connectivity index (χ2n) is 12.0. The van der Waals surface area contributed by atoms with Crippen LogP contribution in [0.5, 0.6) is 5.75 Å². The first-order chi connectivity index (χ1) is 21.9. The lowest BCUT2D eigenvalue weighted by atomic mass is 9.98. The van der Waals surface area contributed by atoms with E-state index in [0.717, 1.165) is 22.3 Å². The van der Waals surface area contributed by atoms with Gasteiger partial charge in [0.15, 0.2) is 6.61 Å². The van der Waals surface area contributed by atoms with Gasteiger partial charge in [-0.1, -0.05) is 60.7 Å². The van der Waals surface area contributed by atoms with E-state index in [1.165, 1.54) is 0 Å². The summed E-state index contributed by atoms with van der Waals surface area (Å²) in [5, 5.41) is 11.4. The van der Waals surface area contributed by atoms with E-state index >= 15 is 0 Å². The number of amides is 1. The lowest BCUT2D eigenvalue weighted by Gasteiger charge is -2.23. The summed E-state index contributed by atoms with van der Waals surface area (Å²) in [5.41, 5.74) is 10.3. The molecular formula is C35H40N2O9. The molecule has 1 aliphatic carbocycles. The van der Waals surface area contributed by atoms with E-state index < -0.39 is 48.3 Å². The summed E-state index contributed by atoms with van der Waals surface area (Å²) in [5.74, 6) is -2.14. The van der Waals surface area contributed by atoms with E-state index in [-0.39, 0.29) is 32.0 Å². The van der Waals surface area contributed by atoms with E-state index in [0.29, 0.717) is 17.7 Å². The first-order valence-electron chi connectivity index (χ1n) is 15.1. The molecule has 244 valence electrons. The van der Waals surface area contributed by atoms with Gasteiger partial charge in [-0.25, -0.2) is 14.4 Å². The Morgan fingerprint density at radius 1 is 0.848 bits per heavy atom. The minimum Gasteiger partial charge on any atom is -0.482 e. The highest BCUT2D eigenvalue weighted by atomic mass is 16.6. The van der Waals surface area contributed by atoms with Crippen LogP contribution >= 0.6 is 0 Å². The predicted molar refractivity (Wildman–Crippen MR) is 169 cm³/mol. The quantitative estimate of drug-likeness (QED) is 0.164. The number of hydrogen-bond acceptors (Lipinski definition) is 9. The Morgan fingerprint density at radius 3 is 2.04 bits per heavy atom. The van der Waals surface area contributed by atoms with Crippen LogP contribution in [0.4, 0.5) is 4.79 Å². The van der Waals surface area contributed by atoms with Crippen LogP contribution in [0.1, 0.15) is 62.6 Å². The van der Waals surface area contributed by atoms with Gasteiger partial charge in [0, 0.05) is 5.92 Å². The van der Waals surface area contributed by atoms with Crippen molar-refractivity contribution in [3.8, 4) is 16.9 Å². The van der Waals surface area contributed by atoms with Crippen molar-refractivity contribution in [1.29, 1.82) is 0 Å². The maximum atomic E-state index is 13.2. The van der Waals surface area contributed by atoms with Gasteiger partial charge in [-0.05, 0) is 80.0 Å². The molecule has 2 atom stereocenters. The topological polar surface area (TPSA) is 163 Å². The van der Waals surface area contributed by atoms with E-state index in [1.54, 1.807) is 45.0 Å². The number of carbonyl (C=O) groups excluding carboxylic acids is 3. The number of aliphatic carboxylic acids is 1. The fourth-order valence-electron chi connectivity index (χ4n) is 5.15. The highest BCUT2D eigenvalue weighted by Gasteiger charge is 2.30. The van der Waals surface area contributed by atoms with E-state index in [1.807, 2.05) is 48.5 Å². The van der Waals surface area contributed by atoms with Crippen molar-refractivity contribution in [3.05, 3.63) is 89.5 Å². The number of nitrogens with two attached hydrogens (primary N) is 1. The van der Waals surface area contributed by atoms with E-state index in [4.69, 9.17) is 29.8 Å². The van der Waals surface area contributed by atoms with Crippen molar-refractivity contribution in [2.75, 3.05) is 13.2 Å². The smallest absolute Gasteiger partial charge is 0.407 e. The van der Waals surface area contributed by atoms with Crippen LogP contribution in [0.15, 0.2) is 72.8 Å². The predicted octanol–water partition coefficient (Wildman–Crippen LogP) is 4.94. The number of rotatable bonds is 14. The minimum absolute atomic E-state index is 0.0709. The number of carboxylic acids is 1. The molecule has 0 bridgehead atoms. The maximum absolute atomic E-state index is 13.2. The highest BCUT2D eigenvalue weighted by molar-refractivity contribution is 5.82. The number of nitrogens with one attached hydrogen (secondary N) is 1. The molecule has 46 heavy (non-hydrogen) atoms. The third kappa shape index (κ3) is 9.55. The van der Waals surface area contributed by atoms with Gasteiger partial charge in [-0.2, -0.15) is 0 Å². The SMILES string of the molecule is CC(C)(C)OC(=O)C(N)CCC[C@H](NC(=O)OCC1c2ccccc2-c2ccccc21)C(=O)OCc1ccc(OCC(=O)O)cc1. The number of carbonyl (C=O) groups is 4. The van der Waals surface area contributed by atoms with Gasteiger partial charge in [0.25, 0.3) is 0 Å². The largest absolute Gasteiger partial charge is 0.482 e. The van der Waals surface area contributed by atoms with E-state index in [9.17, 15) is 19.2 Å². The average molecular weight is 633 g/mol. The zero-order chi connectivity index (χ0) is 33.3. The van der Waals surface area contributed by atoms with Crippen LogP contribution in [0.2, 0.25) is 0 Å². The Bertz CT molecular complexity index is 1490. The summed E-state index contributed by atoms with van der Waals surface area (Å²) in [7, 11) is 0. The lowest BCUT2D eigenvalue weighted by molar-refractivity contribution is -0.156. The van der Waals surface area contributed by atoms with Crippen molar-refractivity contribution in [3.63, 3.8) is 0 Å². The number of carboxylic acid groups (broad SMARTS) is 1. The molecule has 4 rings (SSSR count). The summed E-state index contributed by atoms with van der Waals surface area (Å²) >= 11 is 0. The average Bonchev–Trinajstić information content (AvgIpc) is 3.34. The molecule has 0 aliphatic heterocycles. The van der Waals surface area contributed by atoms with Gasteiger partial charge < -0.3 is 35.1 Å². The zero-order valence-electron chi connectivity index (χ0n) is 26.2. The number of hydrogen-bond donors (Lipinski definition) is 3. The van der Waals surface area contributed by atoms with Crippen LogP contribution < -0.4 is 15.8 Å². The molecule has 0 heterocycles. The molecule has 3 aromatic carbocycles. The number of benzene rings is 3. The second kappa shape index (κ2) is 15.4. The number of fused-ring (bicyclic) bond motifs is 3. The van der Waals surface area contributed by atoms with Gasteiger partial charge >= 0.3 is 24.0 Å². The van der Waals surface area contributed by atoms with Crippen LogP contribution in [0, 0.1) is 0 Å². The Balaban J connectivity index is 1.37. The van der Waals surface area contributed by atoms with Gasteiger partial charge in [-0.3, -0.25) is 4.79 Å². The third-order valence-corrected chi connectivity index (χ3v) is 7.30. The first kappa shape index (κ1) is 34.0. The van der Waals surface area contributed by atoms with Gasteiger partial charge in [0.2, 0.25) is 0 Å². The van der Waals surface area contributed by atoms with Crippen LogP contribution in [-0.4, -0.2) is 60.0 Å². The molecule has 11 heteroatoms. The van der Waals surface area contributed by atoms with Crippen LogP contribution in [0.3, 0.4) is 0 Å². The fraction of sp³-hybridized carbons (Fsp3) is 0.371. The van der Waals surface area contributed by atoms with Crippen molar-refractivity contribution in [2.45, 2.75) is 70.2 Å². The lowest BCUT2D eigenvalue weighted by Crippen LogP contribution is -2.43. The molecule has 0 spiro atoms. The summed E-state index contributed by atoms with van der Waals surface area (Å²) < 4.78 is 21.6. The van der Waals surface area contributed by atoms with E-state index in [2.05, 4.69) is 5.32 Å². The van der Waals surface area contributed by atoms with Crippen LogP contribution in [-0.2, 0) is 35.2 Å². The summed E-state index contributed by atoms with van der Waals surface area (Å²) in [4.78, 5) is 49.2. The highest BCUT2D eigenvalue weighted by Crippen LogP contribution is 2.44. The summed E-state index contributed by atoms with van der Waals surface area (Å²) in [6.07, 6.45) is -0.0933. The van der Waals surface area contributed by atoms with Crippen molar-refractivity contribution >= 4 is 24.0 Å². The molecule has 1 amide bonds. The van der Waals surface area contributed by atoms with Gasteiger partial charge in [0.1, 0.15) is 36.6 Å². The zero-order valence-corrected chi connectivity index (χ0v) is 26.2. The van der Waals surface area contributed by atoms with Crippen molar-refractivity contribution < 1.29 is 43.2 Å². The van der Waals surface area contributed by atoms with Gasteiger partial charge in [0.05, 0.1) is 0 Å². The summed E-state index contributed by atoms with van der Waals surface area (Å²) in [6, 6.07) is 20.4. The number of esters is 2. The van der Waals surface area contributed by atoms with Gasteiger partial charge in [-0.15, -0.1) is 0 Å². The molecule has 3 aromatic rings. The Hall–Kier alpha value is -4.90. The monoisotopic (exact) mass is 632 g/mol. The molecule has 0 radical (unpaired) electrons. The Labute approximate surface area is 268 Å². The molecule has 11 nitrogen and oxygen atoms in total. The Kier molecular flexibility index (Phi) is 11.4. The van der Waals surface area contributed by atoms with Crippen molar-refractivity contribution in [1.82, 2.24) is 5.32 Å². The standard InChI is InChI=1S/C35H40N2O9/c1-35(2,3)46-32(40)29(36)13-8-14-30(33(41)44-19-22-15-17-23(18-16-22)43-21-31(38)39)37-34(42)45-20-28-26-11-6-4-9-24(26)25-10-5-7-12-27(25)28/h4-7,9-12,15-18,28-30H,8,13-14,19-21,36H2,1-3H3,(H,37,42)(H,38,39)/t29?,30-/m0/s1. The second-order valence-corrected chi connectivity index (χ2v) is 12.0. The molecule has 0 saturated heterocycles. The third-order valence-electron chi connectivity index (χ3n) is 7.30. The molecule has 0 saturated carbocycles.